The van der Waals surface area contributed by atoms with E-state index in [2.05, 4.69) is 6.92 Å². The Hall–Kier alpha value is 0.0969. The van der Waals surface area contributed by atoms with Crippen molar-refractivity contribution in [3.05, 3.63) is 0 Å². The van der Waals surface area contributed by atoms with Crippen molar-refractivity contribution in [2.45, 2.75) is 25.2 Å². The summed E-state index contributed by atoms with van der Waals surface area (Å²) in [6.07, 6.45) is 2.12. The molecule has 0 amide bonds. The molecule has 0 bridgehead atoms. The summed E-state index contributed by atoms with van der Waals surface area (Å²) in [7, 11) is 4.34. The number of hydrogen-bond acceptors (Lipinski definition) is 3. The average molecular weight is 165 g/mol. The Morgan fingerprint density at radius 1 is 1.30 bits per heavy atom. The number of rotatable bonds is 4. The van der Waals surface area contributed by atoms with Gasteiger partial charge in [0.25, 0.3) is 0 Å². The summed E-state index contributed by atoms with van der Waals surface area (Å²) >= 11 is 0. The van der Waals surface area contributed by atoms with Crippen LogP contribution < -0.4 is 6.15 Å². The van der Waals surface area contributed by atoms with Gasteiger partial charge in [-0.2, -0.15) is 0 Å². The van der Waals surface area contributed by atoms with Crippen LogP contribution in [0.2, 0.25) is 0 Å². The Kier molecular flexibility index (Phi) is 7.46. The molecule has 0 saturated heterocycles. The molecule has 0 unspecified atom stereocenters. The second kappa shape index (κ2) is 5.85. The van der Waals surface area contributed by atoms with Crippen molar-refractivity contribution >= 4 is 10.2 Å². The molecule has 0 aliphatic carbocycles. The van der Waals surface area contributed by atoms with Crippen molar-refractivity contribution in [1.82, 2.24) is 6.15 Å². The van der Waals surface area contributed by atoms with Gasteiger partial charge in [0.1, 0.15) is 5.41 Å². The van der Waals surface area contributed by atoms with Crippen LogP contribution in [0.15, 0.2) is 0 Å². The summed E-state index contributed by atoms with van der Waals surface area (Å²) in [5.74, 6) is 0. The summed E-state index contributed by atoms with van der Waals surface area (Å²) in [4.78, 5) is 0. The van der Waals surface area contributed by atoms with Gasteiger partial charge < -0.3 is 15.6 Å². The average Bonchev–Trinajstić information content (AvgIpc) is 1.89. The maximum atomic E-state index is 5.17. The van der Waals surface area contributed by atoms with Crippen LogP contribution in [0, 0.1) is 0 Å². The molecule has 0 heterocycles. The highest BCUT2D eigenvalue weighted by molar-refractivity contribution is 6.13. The first-order chi connectivity index (χ1) is 4.18. The first-order valence-electron chi connectivity index (χ1n) is 3.29. The molecule has 10 heavy (non-hydrogen) atoms. The molecule has 0 spiro atoms. The van der Waals surface area contributed by atoms with Crippen LogP contribution in [0.3, 0.4) is 0 Å². The van der Waals surface area contributed by atoms with Crippen molar-refractivity contribution in [2.75, 3.05) is 14.2 Å². The zero-order valence-electron chi connectivity index (χ0n) is 7.44. The van der Waals surface area contributed by atoms with E-state index in [4.69, 9.17) is 9.47 Å². The molecule has 0 fully saturated rings. The Bertz CT molecular complexity index is 76.1. The van der Waals surface area contributed by atoms with E-state index < -0.39 is 0 Å². The third-order valence-corrected chi connectivity index (χ3v) is 2.88. The van der Waals surface area contributed by atoms with Crippen molar-refractivity contribution in [3.8, 4) is 0 Å². The molecular formula is C6H19NO2Si. The zero-order valence-corrected chi connectivity index (χ0v) is 9.44. The van der Waals surface area contributed by atoms with E-state index in [1.807, 2.05) is 0 Å². The summed E-state index contributed by atoms with van der Waals surface area (Å²) in [5.41, 5.74) is -0.227. The fourth-order valence-electron chi connectivity index (χ4n) is 0.742. The van der Waals surface area contributed by atoms with E-state index in [-0.39, 0.29) is 11.6 Å². The minimum absolute atomic E-state index is 0. The highest BCUT2D eigenvalue weighted by Gasteiger charge is 2.19. The first kappa shape index (κ1) is 12.7. The van der Waals surface area contributed by atoms with E-state index in [0.717, 1.165) is 23.1 Å². The zero-order chi connectivity index (χ0) is 7.33. The Balaban J connectivity index is 0. The second-order valence-corrected chi connectivity index (χ2v) is 3.82. The first-order valence-corrected chi connectivity index (χ1v) is 4.29. The van der Waals surface area contributed by atoms with E-state index in [9.17, 15) is 0 Å². The van der Waals surface area contributed by atoms with Crippen molar-refractivity contribution in [3.63, 3.8) is 0 Å². The van der Waals surface area contributed by atoms with Crippen LogP contribution in [0.25, 0.3) is 0 Å². The van der Waals surface area contributed by atoms with Crippen LogP contribution in [-0.2, 0) is 9.47 Å². The highest BCUT2D eigenvalue weighted by atomic mass is 28.1. The van der Waals surface area contributed by atoms with Crippen LogP contribution in [0.1, 0.15) is 19.8 Å². The van der Waals surface area contributed by atoms with Crippen molar-refractivity contribution < 1.29 is 9.47 Å². The third kappa shape index (κ3) is 4.00. The van der Waals surface area contributed by atoms with Gasteiger partial charge in [0.2, 0.25) is 0 Å². The predicted octanol–water partition coefficient (Wildman–Crippen LogP) is 0.260. The smallest absolute Gasteiger partial charge is 0.140 e. The minimum atomic E-state index is -0.227. The van der Waals surface area contributed by atoms with Crippen molar-refractivity contribution in [1.29, 1.82) is 0 Å². The highest BCUT2D eigenvalue weighted by Crippen LogP contribution is 2.12. The largest absolute Gasteiger partial charge is 0.358 e. The fraction of sp³-hybridized carbons (Fsp3) is 1.00. The topological polar surface area (TPSA) is 53.5 Å². The van der Waals surface area contributed by atoms with E-state index >= 15 is 0 Å². The normalized spacial score (nSPS) is 11.1. The van der Waals surface area contributed by atoms with Gasteiger partial charge in [-0.25, -0.2) is 0 Å². The molecular weight excluding hydrogens is 146 g/mol. The Morgan fingerprint density at radius 2 is 1.70 bits per heavy atom. The van der Waals surface area contributed by atoms with Gasteiger partial charge in [-0.15, -0.1) is 0 Å². The maximum absolute atomic E-state index is 5.17. The predicted molar refractivity (Wildman–Crippen MR) is 46.6 cm³/mol. The molecule has 3 N–H and O–H groups in total. The lowest BCUT2D eigenvalue weighted by Gasteiger charge is -2.25. The number of ether oxygens (including phenoxy) is 2. The van der Waals surface area contributed by atoms with Gasteiger partial charge in [-0.1, -0.05) is 13.3 Å². The molecule has 0 rings (SSSR count). The standard InChI is InChI=1S/C6H16O2Si.H3N/c1-4-5-6(9,7-2)8-3;/h4-5H2,1-3,9H3;1H3. The number of hydrogen-bond donors (Lipinski definition) is 1. The van der Waals surface area contributed by atoms with Crippen molar-refractivity contribution in [2.24, 2.45) is 0 Å². The van der Waals surface area contributed by atoms with E-state index in [1.165, 1.54) is 0 Å². The quantitative estimate of drug-likeness (QED) is 0.480. The third-order valence-electron chi connectivity index (χ3n) is 1.57. The number of methoxy groups -OCH3 is 2. The van der Waals surface area contributed by atoms with Gasteiger partial charge in [-0.05, 0) is 6.42 Å². The monoisotopic (exact) mass is 165 g/mol. The summed E-state index contributed by atoms with van der Waals surface area (Å²) in [6.45, 7) is 2.13. The lowest BCUT2D eigenvalue weighted by molar-refractivity contribution is -0.145. The fourth-order valence-corrected chi connectivity index (χ4v) is 1.24. The molecule has 0 aromatic rings. The minimum Gasteiger partial charge on any atom is -0.358 e. The van der Waals surface area contributed by atoms with Gasteiger partial charge >= 0.3 is 0 Å². The molecule has 0 saturated carbocycles. The van der Waals surface area contributed by atoms with Gasteiger partial charge in [0, 0.05) is 14.2 Å². The molecule has 4 heteroatoms. The molecule has 0 aliphatic rings. The second-order valence-electron chi connectivity index (χ2n) is 2.29. The Labute approximate surface area is 66.1 Å². The molecule has 0 radical (unpaired) electrons. The lowest BCUT2D eigenvalue weighted by atomic mass is 10.3. The van der Waals surface area contributed by atoms with Crippen LogP contribution in [0.4, 0.5) is 0 Å². The van der Waals surface area contributed by atoms with E-state index in [1.54, 1.807) is 14.2 Å². The molecule has 0 atom stereocenters. The molecule has 64 valence electrons. The van der Waals surface area contributed by atoms with Gasteiger partial charge in [0.15, 0.2) is 0 Å². The molecule has 3 nitrogen and oxygen atoms in total. The van der Waals surface area contributed by atoms with E-state index in [0.29, 0.717) is 0 Å². The Morgan fingerprint density at radius 3 is 1.80 bits per heavy atom. The SMILES string of the molecule is CCCC([SiH3])(OC)OC.N. The molecule has 0 aromatic heterocycles. The van der Waals surface area contributed by atoms with Gasteiger partial charge in [0.05, 0.1) is 10.2 Å². The summed E-state index contributed by atoms with van der Waals surface area (Å²) in [6, 6.07) is 0. The maximum Gasteiger partial charge on any atom is 0.140 e. The lowest BCUT2D eigenvalue weighted by Crippen LogP contribution is -2.33. The summed E-state index contributed by atoms with van der Waals surface area (Å²) in [5, 5.41) is 0. The molecule has 0 aliphatic heterocycles. The van der Waals surface area contributed by atoms with Crippen LogP contribution in [0.5, 0.6) is 0 Å². The van der Waals surface area contributed by atoms with Gasteiger partial charge in [-0.3, -0.25) is 0 Å². The van der Waals surface area contributed by atoms with Crippen LogP contribution >= 0.6 is 0 Å². The van der Waals surface area contributed by atoms with Crippen LogP contribution in [-0.4, -0.2) is 29.9 Å². The molecule has 0 aromatic carbocycles. The summed E-state index contributed by atoms with van der Waals surface area (Å²) < 4.78 is 10.3.